The van der Waals surface area contributed by atoms with E-state index in [-0.39, 0.29) is 4.90 Å². The molecule has 9 heteroatoms. The lowest BCUT2D eigenvalue weighted by molar-refractivity contribution is 0.251. The number of urea groups is 1. The highest BCUT2D eigenvalue weighted by Gasteiger charge is 2.15. The summed E-state index contributed by atoms with van der Waals surface area (Å²) < 4.78 is 28.0. The van der Waals surface area contributed by atoms with Gasteiger partial charge in [-0.3, -0.25) is 14.7 Å². The highest BCUT2D eigenvalue weighted by atomic mass is 32.2. The molecule has 8 nitrogen and oxygen atoms in total. The van der Waals surface area contributed by atoms with Crippen LogP contribution >= 0.6 is 0 Å². The van der Waals surface area contributed by atoms with Crippen molar-refractivity contribution in [3.8, 4) is 0 Å². The van der Waals surface area contributed by atoms with E-state index in [9.17, 15) is 13.2 Å². The summed E-state index contributed by atoms with van der Waals surface area (Å²) in [5, 5.41) is 6.21. The SMILES string of the molecule is O=C(NCc1cccnc1)Nc1ccc(S(=O)(=O)Nc2ccc3ncccc3c2)cc1. The molecule has 2 aromatic heterocycles. The lowest BCUT2D eigenvalue weighted by atomic mass is 10.2. The zero-order valence-corrected chi connectivity index (χ0v) is 17.1. The van der Waals surface area contributed by atoms with Crippen LogP contribution in [0.1, 0.15) is 5.56 Å². The molecule has 0 unspecified atom stereocenters. The van der Waals surface area contributed by atoms with E-state index in [1.54, 1.807) is 48.9 Å². The Morgan fingerprint density at radius 1 is 0.903 bits per heavy atom. The molecule has 0 saturated heterocycles. The molecular weight excluding hydrogens is 414 g/mol. The standard InChI is InChI=1S/C22H19N5O3S/c28-22(25-15-16-3-1-11-23-14-16)26-18-5-8-20(9-6-18)31(29,30)27-19-7-10-21-17(13-19)4-2-12-24-21/h1-14,27H,15H2,(H2,25,26,28). The third-order valence-electron chi connectivity index (χ3n) is 4.45. The fourth-order valence-corrected chi connectivity index (χ4v) is 3.98. The lowest BCUT2D eigenvalue weighted by Crippen LogP contribution is -2.28. The number of benzene rings is 2. The van der Waals surface area contributed by atoms with Crippen LogP contribution in [0.2, 0.25) is 0 Å². The number of nitrogens with zero attached hydrogens (tertiary/aromatic N) is 2. The summed E-state index contributed by atoms with van der Waals surface area (Å²) in [5.74, 6) is 0. The van der Waals surface area contributed by atoms with Crippen molar-refractivity contribution < 1.29 is 13.2 Å². The molecule has 0 atom stereocenters. The Labute approximate surface area is 179 Å². The largest absolute Gasteiger partial charge is 0.334 e. The average Bonchev–Trinajstić information content (AvgIpc) is 2.78. The van der Waals surface area contributed by atoms with Gasteiger partial charge in [-0.05, 0) is 60.2 Å². The minimum absolute atomic E-state index is 0.0834. The number of carbonyl (C=O) groups excluding carboxylic acids is 1. The molecule has 0 aliphatic heterocycles. The molecular formula is C22H19N5O3S. The maximum atomic E-state index is 12.7. The van der Waals surface area contributed by atoms with E-state index in [2.05, 4.69) is 25.3 Å². The lowest BCUT2D eigenvalue weighted by Gasteiger charge is -2.11. The number of nitrogens with one attached hydrogen (secondary N) is 3. The molecule has 0 fully saturated rings. The van der Waals surface area contributed by atoms with Crippen molar-refractivity contribution in [3.05, 3.63) is 90.9 Å². The van der Waals surface area contributed by atoms with Gasteiger partial charge in [0.15, 0.2) is 0 Å². The molecule has 4 aromatic rings. The van der Waals surface area contributed by atoms with Gasteiger partial charge in [-0.1, -0.05) is 12.1 Å². The fraction of sp³-hybridized carbons (Fsp3) is 0.0455. The third kappa shape index (κ3) is 5.14. The van der Waals surface area contributed by atoms with Gasteiger partial charge < -0.3 is 10.6 Å². The molecule has 0 bridgehead atoms. The molecule has 31 heavy (non-hydrogen) atoms. The molecule has 0 aliphatic rings. The number of pyridine rings is 2. The van der Waals surface area contributed by atoms with Crippen molar-refractivity contribution in [3.63, 3.8) is 0 Å². The first kappa shape index (κ1) is 20.3. The first-order chi connectivity index (χ1) is 15.0. The predicted molar refractivity (Wildman–Crippen MR) is 119 cm³/mol. The normalized spacial score (nSPS) is 11.1. The van der Waals surface area contributed by atoms with Crippen LogP contribution in [-0.2, 0) is 16.6 Å². The molecule has 2 aromatic carbocycles. The summed E-state index contributed by atoms with van der Waals surface area (Å²) in [5.41, 5.74) is 2.56. The van der Waals surface area contributed by atoms with Gasteiger partial charge in [0.05, 0.1) is 10.4 Å². The second-order valence-corrected chi connectivity index (χ2v) is 8.39. The van der Waals surface area contributed by atoms with Gasteiger partial charge in [-0.2, -0.15) is 0 Å². The zero-order chi connectivity index (χ0) is 21.7. The molecule has 0 aliphatic carbocycles. The molecule has 156 valence electrons. The quantitative estimate of drug-likeness (QED) is 0.429. The number of hydrogen-bond donors (Lipinski definition) is 3. The zero-order valence-electron chi connectivity index (χ0n) is 16.3. The fourth-order valence-electron chi connectivity index (χ4n) is 2.93. The van der Waals surface area contributed by atoms with Crippen LogP contribution in [0, 0.1) is 0 Å². The predicted octanol–water partition coefficient (Wildman–Crippen LogP) is 3.75. The van der Waals surface area contributed by atoms with Gasteiger partial charge >= 0.3 is 6.03 Å². The number of carbonyl (C=O) groups is 1. The number of fused-ring (bicyclic) bond motifs is 1. The van der Waals surface area contributed by atoms with Crippen molar-refractivity contribution in [1.29, 1.82) is 0 Å². The smallest absolute Gasteiger partial charge is 0.319 e. The summed E-state index contributed by atoms with van der Waals surface area (Å²) in [6.07, 6.45) is 5.01. The van der Waals surface area contributed by atoms with Crippen LogP contribution in [0.4, 0.5) is 16.2 Å². The van der Waals surface area contributed by atoms with E-state index < -0.39 is 16.1 Å². The number of sulfonamides is 1. The summed E-state index contributed by atoms with van der Waals surface area (Å²) >= 11 is 0. The highest BCUT2D eigenvalue weighted by Crippen LogP contribution is 2.21. The van der Waals surface area contributed by atoms with Crippen molar-refractivity contribution in [2.75, 3.05) is 10.0 Å². The molecule has 0 radical (unpaired) electrons. The van der Waals surface area contributed by atoms with Crippen molar-refractivity contribution in [2.45, 2.75) is 11.4 Å². The van der Waals surface area contributed by atoms with E-state index in [1.807, 2.05) is 12.1 Å². The van der Waals surface area contributed by atoms with E-state index in [0.29, 0.717) is 17.9 Å². The molecule has 3 N–H and O–H groups in total. The van der Waals surface area contributed by atoms with Gasteiger partial charge in [-0.25, -0.2) is 13.2 Å². The van der Waals surface area contributed by atoms with E-state index in [4.69, 9.17) is 0 Å². The van der Waals surface area contributed by atoms with E-state index in [1.165, 1.54) is 24.3 Å². The summed E-state index contributed by atoms with van der Waals surface area (Å²) in [7, 11) is -3.78. The van der Waals surface area contributed by atoms with Crippen LogP contribution in [0.3, 0.4) is 0 Å². The first-order valence-corrected chi connectivity index (χ1v) is 10.9. The average molecular weight is 433 g/mol. The maximum Gasteiger partial charge on any atom is 0.319 e. The number of amides is 2. The van der Waals surface area contributed by atoms with Crippen molar-refractivity contribution in [1.82, 2.24) is 15.3 Å². The van der Waals surface area contributed by atoms with E-state index in [0.717, 1.165) is 16.5 Å². The van der Waals surface area contributed by atoms with Crippen LogP contribution in [0.15, 0.2) is 90.2 Å². The summed E-state index contributed by atoms with van der Waals surface area (Å²) in [6.45, 7) is 0.331. The molecule has 2 amide bonds. The molecule has 0 saturated carbocycles. The molecule has 4 rings (SSSR count). The summed E-state index contributed by atoms with van der Waals surface area (Å²) in [4.78, 5) is 20.3. The minimum Gasteiger partial charge on any atom is -0.334 e. The highest BCUT2D eigenvalue weighted by molar-refractivity contribution is 7.92. The second-order valence-electron chi connectivity index (χ2n) is 6.71. The van der Waals surface area contributed by atoms with E-state index >= 15 is 0 Å². The van der Waals surface area contributed by atoms with Crippen LogP contribution in [-0.4, -0.2) is 24.4 Å². The Kier molecular flexibility index (Phi) is 5.76. The summed E-state index contributed by atoms with van der Waals surface area (Å²) in [6, 6.07) is 18.0. The van der Waals surface area contributed by atoms with Gasteiger partial charge in [0, 0.05) is 41.9 Å². The number of hydrogen-bond acceptors (Lipinski definition) is 5. The minimum atomic E-state index is -3.78. The first-order valence-electron chi connectivity index (χ1n) is 9.41. The number of aromatic nitrogens is 2. The van der Waals surface area contributed by atoms with Gasteiger partial charge in [0.25, 0.3) is 10.0 Å². The Balaban J connectivity index is 1.39. The van der Waals surface area contributed by atoms with Crippen molar-refractivity contribution in [2.24, 2.45) is 0 Å². The van der Waals surface area contributed by atoms with Crippen molar-refractivity contribution >= 4 is 38.3 Å². The van der Waals surface area contributed by atoms with Gasteiger partial charge in [0.2, 0.25) is 0 Å². The number of anilines is 2. The molecule has 2 heterocycles. The Bertz CT molecular complexity index is 1310. The topological polar surface area (TPSA) is 113 Å². The van der Waals surface area contributed by atoms with Gasteiger partial charge in [-0.15, -0.1) is 0 Å². The maximum absolute atomic E-state index is 12.7. The van der Waals surface area contributed by atoms with Crippen LogP contribution in [0.5, 0.6) is 0 Å². The van der Waals surface area contributed by atoms with Gasteiger partial charge in [0.1, 0.15) is 0 Å². The molecule has 0 spiro atoms. The monoisotopic (exact) mass is 433 g/mol. The Morgan fingerprint density at radius 2 is 1.68 bits per heavy atom. The van der Waals surface area contributed by atoms with Crippen LogP contribution in [0.25, 0.3) is 10.9 Å². The Hall–Kier alpha value is -3.98. The third-order valence-corrected chi connectivity index (χ3v) is 5.85. The van der Waals surface area contributed by atoms with Crippen LogP contribution < -0.4 is 15.4 Å². The Morgan fingerprint density at radius 3 is 2.45 bits per heavy atom. The number of rotatable bonds is 6. The second kappa shape index (κ2) is 8.80.